The Labute approximate surface area is 170 Å². The number of nitrogens with one attached hydrogen (secondary N) is 1. The van der Waals surface area contributed by atoms with Gasteiger partial charge in [0.2, 0.25) is 0 Å². The Bertz CT molecular complexity index is 940. The fraction of sp³-hybridized carbons (Fsp3) is 0.391. The highest BCUT2D eigenvalue weighted by atomic mass is 19.1. The SMILES string of the molecule is CCOC(=O)C1(NC(=O)c2cccc(C)c2OC(C)C)Cc2ccc(F)cc2C1. The van der Waals surface area contributed by atoms with Crippen molar-refractivity contribution in [2.75, 3.05) is 6.61 Å². The van der Waals surface area contributed by atoms with E-state index < -0.39 is 17.4 Å². The molecule has 2 aromatic carbocycles. The summed E-state index contributed by atoms with van der Waals surface area (Å²) in [6, 6.07) is 9.72. The van der Waals surface area contributed by atoms with Crippen LogP contribution in [0.1, 0.15) is 47.8 Å². The van der Waals surface area contributed by atoms with Gasteiger partial charge in [0.05, 0.1) is 18.3 Å². The van der Waals surface area contributed by atoms with E-state index in [0.717, 1.165) is 11.1 Å². The second kappa shape index (κ2) is 8.23. The van der Waals surface area contributed by atoms with E-state index in [1.165, 1.54) is 12.1 Å². The Kier molecular flexibility index (Phi) is 5.91. The number of benzene rings is 2. The summed E-state index contributed by atoms with van der Waals surface area (Å²) in [7, 11) is 0. The lowest BCUT2D eigenvalue weighted by Crippen LogP contribution is -2.56. The second-order valence-electron chi connectivity index (χ2n) is 7.64. The van der Waals surface area contributed by atoms with Crippen molar-refractivity contribution in [1.82, 2.24) is 5.32 Å². The molecule has 0 bridgehead atoms. The van der Waals surface area contributed by atoms with Crippen LogP contribution < -0.4 is 10.1 Å². The summed E-state index contributed by atoms with van der Waals surface area (Å²) < 4.78 is 24.8. The number of ether oxygens (including phenoxy) is 2. The quantitative estimate of drug-likeness (QED) is 0.752. The second-order valence-corrected chi connectivity index (χ2v) is 7.64. The number of carbonyl (C=O) groups excluding carboxylic acids is 2. The molecule has 0 radical (unpaired) electrons. The van der Waals surface area contributed by atoms with Crippen LogP contribution in [0, 0.1) is 12.7 Å². The van der Waals surface area contributed by atoms with E-state index in [9.17, 15) is 14.0 Å². The van der Waals surface area contributed by atoms with Crippen molar-refractivity contribution in [3.8, 4) is 5.75 Å². The fourth-order valence-corrected chi connectivity index (χ4v) is 3.71. The first-order valence-electron chi connectivity index (χ1n) is 9.79. The molecule has 0 heterocycles. The average Bonchev–Trinajstić information content (AvgIpc) is 3.01. The third-order valence-corrected chi connectivity index (χ3v) is 4.98. The Morgan fingerprint density at radius 3 is 2.59 bits per heavy atom. The van der Waals surface area contributed by atoms with Crippen LogP contribution in [0.15, 0.2) is 36.4 Å². The first kappa shape index (κ1) is 20.8. The van der Waals surface area contributed by atoms with Crippen molar-refractivity contribution >= 4 is 11.9 Å². The molecule has 29 heavy (non-hydrogen) atoms. The normalized spacial score (nSPS) is 17.7. The van der Waals surface area contributed by atoms with Gasteiger partial charge in [-0.25, -0.2) is 9.18 Å². The molecule has 1 amide bonds. The van der Waals surface area contributed by atoms with Gasteiger partial charge in [0, 0.05) is 12.8 Å². The predicted octanol–water partition coefficient (Wildman–Crippen LogP) is 3.75. The lowest BCUT2D eigenvalue weighted by molar-refractivity contribution is -0.150. The topological polar surface area (TPSA) is 64.6 Å². The maximum atomic E-state index is 13.7. The van der Waals surface area contributed by atoms with Crippen LogP contribution in [0.5, 0.6) is 5.75 Å². The van der Waals surface area contributed by atoms with Crippen LogP contribution >= 0.6 is 0 Å². The highest BCUT2D eigenvalue weighted by Gasteiger charge is 2.47. The van der Waals surface area contributed by atoms with Crippen molar-refractivity contribution in [2.24, 2.45) is 0 Å². The largest absolute Gasteiger partial charge is 0.490 e. The third-order valence-electron chi connectivity index (χ3n) is 4.98. The zero-order valence-electron chi connectivity index (χ0n) is 17.2. The monoisotopic (exact) mass is 399 g/mol. The number of hydrogen-bond acceptors (Lipinski definition) is 4. The lowest BCUT2D eigenvalue weighted by atomic mass is 9.94. The molecule has 1 aliphatic carbocycles. The minimum Gasteiger partial charge on any atom is -0.490 e. The van der Waals surface area contributed by atoms with E-state index >= 15 is 0 Å². The lowest BCUT2D eigenvalue weighted by Gasteiger charge is -2.28. The van der Waals surface area contributed by atoms with Gasteiger partial charge in [-0.05, 0) is 62.6 Å². The Morgan fingerprint density at radius 2 is 1.90 bits per heavy atom. The number of hydrogen-bond donors (Lipinski definition) is 1. The highest BCUT2D eigenvalue weighted by molar-refractivity contribution is 6.01. The van der Waals surface area contributed by atoms with Gasteiger partial charge < -0.3 is 14.8 Å². The number of rotatable bonds is 6. The molecule has 5 nitrogen and oxygen atoms in total. The van der Waals surface area contributed by atoms with Crippen LogP contribution in [0.4, 0.5) is 4.39 Å². The molecule has 0 aromatic heterocycles. The first-order valence-corrected chi connectivity index (χ1v) is 9.79. The predicted molar refractivity (Wildman–Crippen MR) is 108 cm³/mol. The van der Waals surface area contributed by atoms with E-state index in [4.69, 9.17) is 9.47 Å². The highest BCUT2D eigenvalue weighted by Crippen LogP contribution is 2.33. The fourth-order valence-electron chi connectivity index (χ4n) is 3.71. The summed E-state index contributed by atoms with van der Waals surface area (Å²) in [4.78, 5) is 26.1. The number of carbonyl (C=O) groups is 2. The Balaban J connectivity index is 1.95. The number of esters is 1. The molecular weight excluding hydrogens is 373 g/mol. The zero-order valence-corrected chi connectivity index (χ0v) is 17.2. The van der Waals surface area contributed by atoms with E-state index in [0.29, 0.717) is 16.9 Å². The molecule has 154 valence electrons. The van der Waals surface area contributed by atoms with E-state index in [-0.39, 0.29) is 31.4 Å². The number of fused-ring (bicyclic) bond motifs is 1. The van der Waals surface area contributed by atoms with Crippen molar-refractivity contribution in [2.45, 2.75) is 52.2 Å². The van der Waals surface area contributed by atoms with Gasteiger partial charge in [0.1, 0.15) is 17.1 Å². The molecule has 0 fully saturated rings. The van der Waals surface area contributed by atoms with Crippen molar-refractivity contribution < 1.29 is 23.5 Å². The third kappa shape index (κ3) is 4.26. The number of aryl methyl sites for hydroxylation is 1. The molecule has 1 atom stereocenters. The van der Waals surface area contributed by atoms with Crippen LogP contribution in [-0.2, 0) is 22.4 Å². The van der Waals surface area contributed by atoms with E-state index in [1.807, 2.05) is 26.8 Å². The summed E-state index contributed by atoms with van der Waals surface area (Å²) in [5.74, 6) is -0.837. The van der Waals surface area contributed by atoms with Gasteiger partial charge in [0.15, 0.2) is 0 Å². The molecule has 2 aromatic rings. The summed E-state index contributed by atoms with van der Waals surface area (Å²) in [5, 5.41) is 2.88. The van der Waals surface area contributed by atoms with E-state index in [1.54, 1.807) is 25.1 Å². The molecule has 0 spiro atoms. The molecule has 1 unspecified atom stereocenters. The molecule has 0 aliphatic heterocycles. The summed E-state index contributed by atoms with van der Waals surface area (Å²) in [5.41, 5.74) is 1.42. The van der Waals surface area contributed by atoms with Crippen molar-refractivity contribution in [3.63, 3.8) is 0 Å². The van der Waals surface area contributed by atoms with Crippen molar-refractivity contribution in [3.05, 3.63) is 64.5 Å². The van der Waals surface area contributed by atoms with Gasteiger partial charge in [-0.1, -0.05) is 18.2 Å². The smallest absolute Gasteiger partial charge is 0.332 e. The molecule has 3 rings (SSSR count). The van der Waals surface area contributed by atoms with Crippen LogP contribution in [0.25, 0.3) is 0 Å². The standard InChI is InChI=1S/C23H26FNO4/c1-5-28-22(27)23(12-16-9-10-18(24)11-17(16)13-23)25-21(26)19-8-6-7-15(4)20(19)29-14(2)3/h6-11,14H,5,12-13H2,1-4H3,(H,25,26). The maximum absolute atomic E-state index is 13.7. The Hall–Kier alpha value is -2.89. The summed E-state index contributed by atoms with van der Waals surface area (Å²) in [6.07, 6.45) is 0.316. The number of halogens is 1. The minimum atomic E-state index is -1.28. The molecule has 0 saturated carbocycles. The first-order chi connectivity index (χ1) is 13.8. The minimum absolute atomic E-state index is 0.111. The van der Waals surface area contributed by atoms with Gasteiger partial charge in [0.25, 0.3) is 5.91 Å². The summed E-state index contributed by atoms with van der Waals surface area (Å²) >= 11 is 0. The van der Waals surface area contributed by atoms with Crippen LogP contribution in [0.2, 0.25) is 0 Å². The molecule has 0 saturated heterocycles. The summed E-state index contributed by atoms with van der Waals surface area (Å²) in [6.45, 7) is 7.54. The van der Waals surface area contributed by atoms with Gasteiger partial charge in [-0.15, -0.1) is 0 Å². The van der Waals surface area contributed by atoms with Crippen molar-refractivity contribution in [1.29, 1.82) is 0 Å². The number of para-hydroxylation sites is 1. The number of amides is 1. The zero-order chi connectivity index (χ0) is 21.2. The van der Waals surface area contributed by atoms with Crippen LogP contribution in [0.3, 0.4) is 0 Å². The maximum Gasteiger partial charge on any atom is 0.332 e. The molecule has 1 aliphatic rings. The van der Waals surface area contributed by atoms with Gasteiger partial charge in [-0.2, -0.15) is 0 Å². The molecule has 1 N–H and O–H groups in total. The Morgan fingerprint density at radius 1 is 1.17 bits per heavy atom. The molecular formula is C23H26FNO4. The van der Waals surface area contributed by atoms with E-state index in [2.05, 4.69) is 5.32 Å². The molecule has 6 heteroatoms. The van der Waals surface area contributed by atoms with Gasteiger partial charge in [-0.3, -0.25) is 4.79 Å². The van der Waals surface area contributed by atoms with Crippen LogP contribution in [-0.4, -0.2) is 30.1 Å². The average molecular weight is 399 g/mol. The van der Waals surface area contributed by atoms with Gasteiger partial charge >= 0.3 is 5.97 Å².